The average molecular weight is 463 g/mol. The van der Waals surface area contributed by atoms with Gasteiger partial charge < -0.3 is 0 Å². The lowest BCUT2D eigenvalue weighted by Crippen LogP contribution is -2.20. The smallest absolute Gasteiger partial charge is 0.0681 e. The highest BCUT2D eigenvalue weighted by Crippen LogP contribution is 2.30. The van der Waals surface area contributed by atoms with Gasteiger partial charge in [-0.3, -0.25) is 9.36 Å². The highest BCUT2D eigenvalue weighted by Gasteiger charge is 2.27. The Morgan fingerprint density at radius 3 is 1.18 bits per heavy atom. The van der Waals surface area contributed by atoms with Crippen molar-refractivity contribution in [3.63, 3.8) is 0 Å². The first-order valence-corrected chi connectivity index (χ1v) is 12.6. The van der Waals surface area contributed by atoms with Crippen molar-refractivity contribution in [2.24, 2.45) is 0 Å². The molecule has 0 unspecified atom stereocenters. The van der Waals surface area contributed by atoms with Crippen molar-refractivity contribution < 1.29 is 0 Å². The van der Waals surface area contributed by atoms with Gasteiger partial charge in [-0.1, -0.05) is 107 Å². The molecule has 0 amide bonds. The Morgan fingerprint density at radius 2 is 0.882 bits per heavy atom. The van der Waals surface area contributed by atoms with Gasteiger partial charge in [0.05, 0.1) is 24.5 Å². The zero-order valence-electron chi connectivity index (χ0n) is 23.7. The van der Waals surface area contributed by atoms with E-state index in [4.69, 9.17) is 10.2 Å². The van der Waals surface area contributed by atoms with E-state index in [0.717, 1.165) is 24.5 Å². The van der Waals surface area contributed by atoms with Gasteiger partial charge in [-0.25, -0.2) is 0 Å². The number of hydrogen-bond donors (Lipinski definition) is 0. The maximum absolute atomic E-state index is 5.03. The molecule has 4 heteroatoms. The standard InChI is InChI=1S/C30H46N4/c1-27(2,3)23-17-25(29(7,8)9)33(31-23)19-21-14-13-15-22(16-21)20-34-26(30(10,11)12)18-24(32-34)28(4,5)6/h13-18H,19-20H2,1-12H3. The number of benzene rings is 1. The molecule has 2 heterocycles. The molecule has 0 aliphatic heterocycles. The predicted molar refractivity (Wildman–Crippen MR) is 144 cm³/mol. The van der Waals surface area contributed by atoms with Crippen LogP contribution in [0.5, 0.6) is 0 Å². The third kappa shape index (κ3) is 6.00. The maximum atomic E-state index is 5.03. The molecule has 0 atom stereocenters. The van der Waals surface area contributed by atoms with E-state index in [1.807, 2.05) is 0 Å². The molecule has 3 rings (SSSR count). The van der Waals surface area contributed by atoms with Crippen LogP contribution in [0.4, 0.5) is 0 Å². The SMILES string of the molecule is CC(C)(C)c1cc(C(C)(C)C)n(Cc2cccc(Cn3nc(C(C)(C)C)cc3C(C)(C)C)c2)n1. The van der Waals surface area contributed by atoms with Crippen LogP contribution < -0.4 is 0 Å². The fourth-order valence-electron chi connectivity index (χ4n) is 4.19. The fraction of sp³-hybridized carbons (Fsp3) is 0.600. The second kappa shape index (κ2) is 8.70. The minimum atomic E-state index is 0.0291. The average Bonchev–Trinajstić information content (AvgIpc) is 3.25. The summed E-state index contributed by atoms with van der Waals surface area (Å²) in [6.07, 6.45) is 0. The third-order valence-corrected chi connectivity index (χ3v) is 6.29. The molecule has 1 aromatic carbocycles. The van der Waals surface area contributed by atoms with Gasteiger partial charge in [-0.15, -0.1) is 0 Å². The van der Waals surface area contributed by atoms with Gasteiger partial charge in [0.15, 0.2) is 0 Å². The molecule has 4 nitrogen and oxygen atoms in total. The van der Waals surface area contributed by atoms with Gasteiger partial charge in [0.25, 0.3) is 0 Å². The third-order valence-electron chi connectivity index (χ3n) is 6.29. The summed E-state index contributed by atoms with van der Waals surface area (Å²) in [5.41, 5.74) is 7.52. The maximum Gasteiger partial charge on any atom is 0.0681 e. The van der Waals surface area contributed by atoms with Crippen molar-refractivity contribution in [1.82, 2.24) is 19.6 Å². The van der Waals surface area contributed by atoms with E-state index in [9.17, 15) is 0 Å². The summed E-state index contributed by atoms with van der Waals surface area (Å²) in [4.78, 5) is 0. The summed E-state index contributed by atoms with van der Waals surface area (Å²) in [5.74, 6) is 0. The molecule has 3 aromatic rings. The molecule has 0 spiro atoms. The Kier molecular flexibility index (Phi) is 6.71. The first kappa shape index (κ1) is 26.2. The Bertz CT molecular complexity index is 1040. The van der Waals surface area contributed by atoms with Crippen LogP contribution in [0.25, 0.3) is 0 Å². The van der Waals surface area contributed by atoms with E-state index in [1.54, 1.807) is 0 Å². The van der Waals surface area contributed by atoms with Crippen LogP contribution in [0.1, 0.15) is 117 Å². The first-order valence-electron chi connectivity index (χ1n) is 12.6. The molecule has 0 radical (unpaired) electrons. The lowest BCUT2D eigenvalue weighted by molar-refractivity contribution is 0.493. The van der Waals surface area contributed by atoms with E-state index in [1.165, 1.54) is 22.5 Å². The number of hydrogen-bond acceptors (Lipinski definition) is 2. The summed E-state index contributed by atoms with van der Waals surface area (Å²) in [5, 5.41) is 10.1. The molecule has 0 saturated heterocycles. The minimum absolute atomic E-state index is 0.0291. The van der Waals surface area contributed by atoms with E-state index in [0.29, 0.717) is 0 Å². The molecule has 186 valence electrons. The lowest BCUT2D eigenvalue weighted by atomic mass is 9.88. The largest absolute Gasteiger partial charge is 0.264 e. The van der Waals surface area contributed by atoms with Crippen LogP contribution in [-0.2, 0) is 34.7 Å². The number of aromatic nitrogens is 4. The Morgan fingerprint density at radius 1 is 0.529 bits per heavy atom. The fourth-order valence-corrected chi connectivity index (χ4v) is 4.19. The van der Waals surface area contributed by atoms with E-state index >= 15 is 0 Å². The van der Waals surface area contributed by atoms with Crippen molar-refractivity contribution >= 4 is 0 Å². The molecular formula is C30H46N4. The number of rotatable bonds is 4. The van der Waals surface area contributed by atoms with Gasteiger partial charge in [0.1, 0.15) is 0 Å². The monoisotopic (exact) mass is 462 g/mol. The normalized spacial score (nSPS) is 13.5. The van der Waals surface area contributed by atoms with Gasteiger partial charge in [0.2, 0.25) is 0 Å². The quantitative estimate of drug-likeness (QED) is 0.406. The molecule has 0 N–H and O–H groups in total. The van der Waals surface area contributed by atoms with Crippen LogP contribution in [0.15, 0.2) is 36.4 Å². The van der Waals surface area contributed by atoms with Crippen molar-refractivity contribution in [3.8, 4) is 0 Å². The van der Waals surface area contributed by atoms with Crippen LogP contribution in [0.3, 0.4) is 0 Å². The van der Waals surface area contributed by atoms with Crippen molar-refractivity contribution in [2.45, 2.75) is 118 Å². The van der Waals surface area contributed by atoms with Crippen molar-refractivity contribution in [1.29, 1.82) is 0 Å². The summed E-state index contributed by atoms with van der Waals surface area (Å²) in [6, 6.07) is 13.5. The van der Waals surface area contributed by atoms with Gasteiger partial charge in [0, 0.05) is 33.0 Å². The predicted octanol–water partition coefficient (Wildman–Crippen LogP) is 7.37. The molecule has 34 heavy (non-hydrogen) atoms. The van der Waals surface area contributed by atoms with Crippen LogP contribution in [0.2, 0.25) is 0 Å². The molecule has 0 bridgehead atoms. The molecule has 0 aliphatic rings. The van der Waals surface area contributed by atoms with Crippen molar-refractivity contribution in [3.05, 3.63) is 70.3 Å². The molecule has 2 aromatic heterocycles. The molecule has 0 fully saturated rings. The lowest BCUT2D eigenvalue weighted by Gasteiger charge is -2.21. The van der Waals surface area contributed by atoms with Gasteiger partial charge in [-0.2, -0.15) is 10.2 Å². The Labute approximate surface area is 207 Å². The summed E-state index contributed by atoms with van der Waals surface area (Å²) in [7, 11) is 0. The zero-order chi connectivity index (χ0) is 25.7. The van der Waals surface area contributed by atoms with E-state index < -0.39 is 0 Å². The first-order chi connectivity index (χ1) is 15.4. The highest BCUT2D eigenvalue weighted by molar-refractivity contribution is 5.29. The molecule has 0 aliphatic carbocycles. The van der Waals surface area contributed by atoms with E-state index in [2.05, 4.69) is 129 Å². The summed E-state index contributed by atoms with van der Waals surface area (Å²) < 4.78 is 4.40. The highest BCUT2D eigenvalue weighted by atomic mass is 15.3. The van der Waals surface area contributed by atoms with Crippen molar-refractivity contribution in [2.75, 3.05) is 0 Å². The van der Waals surface area contributed by atoms with Gasteiger partial charge in [-0.05, 0) is 23.3 Å². The molecular weight excluding hydrogens is 416 g/mol. The molecule has 0 saturated carbocycles. The van der Waals surface area contributed by atoms with Crippen LogP contribution in [-0.4, -0.2) is 19.6 Å². The Balaban J connectivity index is 1.95. The number of nitrogens with zero attached hydrogens (tertiary/aromatic N) is 4. The summed E-state index contributed by atoms with van der Waals surface area (Å²) >= 11 is 0. The second-order valence-electron chi connectivity index (χ2n) is 14.0. The minimum Gasteiger partial charge on any atom is -0.264 e. The van der Waals surface area contributed by atoms with E-state index in [-0.39, 0.29) is 21.7 Å². The van der Waals surface area contributed by atoms with Gasteiger partial charge >= 0.3 is 0 Å². The summed E-state index contributed by atoms with van der Waals surface area (Å²) in [6.45, 7) is 28.5. The second-order valence-corrected chi connectivity index (χ2v) is 14.0. The Hall–Kier alpha value is -2.36. The van der Waals surface area contributed by atoms with Crippen LogP contribution >= 0.6 is 0 Å². The zero-order valence-corrected chi connectivity index (χ0v) is 23.7. The topological polar surface area (TPSA) is 35.6 Å². The van der Waals surface area contributed by atoms with Crippen LogP contribution in [0, 0.1) is 0 Å².